The fourth-order valence-corrected chi connectivity index (χ4v) is 3.69. The predicted molar refractivity (Wildman–Crippen MR) is 111 cm³/mol. The van der Waals surface area contributed by atoms with Crippen LogP contribution in [0.4, 0.5) is 4.39 Å². The van der Waals surface area contributed by atoms with Gasteiger partial charge < -0.3 is 14.4 Å². The van der Waals surface area contributed by atoms with E-state index in [9.17, 15) is 9.18 Å². The van der Waals surface area contributed by atoms with E-state index < -0.39 is 5.82 Å². The molecule has 0 atom stereocenters. The first kappa shape index (κ1) is 21.4. The highest BCUT2D eigenvalue weighted by Gasteiger charge is 2.34. The van der Waals surface area contributed by atoms with Crippen molar-refractivity contribution < 1.29 is 18.7 Å². The van der Waals surface area contributed by atoms with Gasteiger partial charge in [0.15, 0.2) is 18.1 Å². The Kier molecular flexibility index (Phi) is 6.99. The number of hydrogen-bond donors (Lipinski definition) is 0. The van der Waals surface area contributed by atoms with Crippen molar-refractivity contribution in [1.82, 2.24) is 4.90 Å². The standard InChI is InChI=1S/C21H19BrClFN2O3/c1-2-28-19-9-13(10-25)8-16(22)21(19)29-12-20(27)26(14-6-7-14)11-15-17(23)4-3-5-18(15)24/h3-5,8-9,14H,2,6-7,11-12H2,1H3. The number of benzene rings is 2. The lowest BCUT2D eigenvalue weighted by Crippen LogP contribution is -2.36. The van der Waals surface area contributed by atoms with E-state index in [1.54, 1.807) is 23.1 Å². The molecule has 0 saturated heterocycles. The second-order valence-electron chi connectivity index (χ2n) is 6.57. The first-order valence-corrected chi connectivity index (χ1v) is 10.3. The van der Waals surface area contributed by atoms with Crippen LogP contribution in [0.3, 0.4) is 0 Å². The molecule has 29 heavy (non-hydrogen) atoms. The van der Waals surface area contributed by atoms with E-state index in [0.717, 1.165) is 12.8 Å². The van der Waals surface area contributed by atoms with Gasteiger partial charge in [-0.05, 0) is 53.9 Å². The third kappa shape index (κ3) is 5.20. The van der Waals surface area contributed by atoms with Gasteiger partial charge in [0.05, 0.1) is 29.3 Å². The number of nitriles is 1. The molecule has 0 spiro atoms. The molecular weight excluding hydrogens is 463 g/mol. The minimum atomic E-state index is -0.440. The van der Waals surface area contributed by atoms with Gasteiger partial charge in [-0.25, -0.2) is 4.39 Å². The second kappa shape index (κ2) is 9.47. The lowest BCUT2D eigenvalue weighted by Gasteiger charge is -2.24. The van der Waals surface area contributed by atoms with Crippen LogP contribution in [0.5, 0.6) is 11.5 Å². The monoisotopic (exact) mass is 480 g/mol. The third-order valence-electron chi connectivity index (χ3n) is 4.48. The Morgan fingerprint density at radius 2 is 2.14 bits per heavy atom. The number of carbonyl (C=O) groups excluding carboxylic acids is 1. The number of hydrogen-bond acceptors (Lipinski definition) is 4. The van der Waals surface area contributed by atoms with Crippen LogP contribution < -0.4 is 9.47 Å². The summed E-state index contributed by atoms with van der Waals surface area (Å²) < 4.78 is 26.0. The number of halogens is 3. The van der Waals surface area contributed by atoms with Gasteiger partial charge in [-0.1, -0.05) is 17.7 Å². The van der Waals surface area contributed by atoms with Gasteiger partial charge in [0, 0.05) is 22.7 Å². The highest BCUT2D eigenvalue weighted by molar-refractivity contribution is 9.10. The Labute approximate surface area is 182 Å². The van der Waals surface area contributed by atoms with E-state index in [4.69, 9.17) is 26.3 Å². The molecule has 0 radical (unpaired) electrons. The first-order valence-electron chi connectivity index (χ1n) is 9.16. The summed E-state index contributed by atoms with van der Waals surface area (Å²) in [4.78, 5) is 14.5. The highest BCUT2D eigenvalue weighted by Crippen LogP contribution is 2.37. The smallest absolute Gasteiger partial charge is 0.261 e. The van der Waals surface area contributed by atoms with Crippen molar-refractivity contribution in [3.63, 3.8) is 0 Å². The number of ether oxygens (including phenoxy) is 2. The van der Waals surface area contributed by atoms with Crippen LogP contribution in [0.2, 0.25) is 5.02 Å². The van der Waals surface area contributed by atoms with Crippen molar-refractivity contribution in [2.45, 2.75) is 32.4 Å². The molecule has 8 heteroatoms. The Bertz CT molecular complexity index is 939. The molecule has 0 aliphatic heterocycles. The quantitative estimate of drug-likeness (QED) is 0.527. The molecule has 1 aliphatic rings. The van der Waals surface area contributed by atoms with E-state index in [-0.39, 0.29) is 30.1 Å². The molecule has 0 bridgehead atoms. The van der Waals surface area contributed by atoms with Gasteiger partial charge in [-0.2, -0.15) is 5.26 Å². The van der Waals surface area contributed by atoms with Gasteiger partial charge in [0.1, 0.15) is 5.82 Å². The largest absolute Gasteiger partial charge is 0.490 e. The normalized spacial score (nSPS) is 12.9. The van der Waals surface area contributed by atoms with Gasteiger partial charge in [0.2, 0.25) is 0 Å². The molecule has 0 unspecified atom stereocenters. The van der Waals surface area contributed by atoms with Crippen molar-refractivity contribution in [2.75, 3.05) is 13.2 Å². The summed E-state index contributed by atoms with van der Waals surface area (Å²) in [5.74, 6) is 0.0103. The molecule has 3 rings (SSSR count). The average Bonchev–Trinajstić information content (AvgIpc) is 3.52. The molecule has 1 amide bonds. The zero-order valence-electron chi connectivity index (χ0n) is 15.8. The summed E-state index contributed by atoms with van der Waals surface area (Å²) >= 11 is 9.48. The van der Waals surface area contributed by atoms with Crippen LogP contribution >= 0.6 is 27.5 Å². The van der Waals surface area contributed by atoms with Crippen molar-refractivity contribution in [1.29, 1.82) is 5.26 Å². The lowest BCUT2D eigenvalue weighted by molar-refractivity contribution is -0.134. The Morgan fingerprint density at radius 1 is 1.38 bits per heavy atom. The SMILES string of the molecule is CCOc1cc(C#N)cc(Br)c1OCC(=O)N(Cc1c(F)cccc1Cl)C1CC1. The molecule has 152 valence electrons. The van der Waals surface area contributed by atoms with Crippen LogP contribution in [0.1, 0.15) is 30.9 Å². The van der Waals surface area contributed by atoms with Crippen molar-refractivity contribution >= 4 is 33.4 Å². The fourth-order valence-electron chi connectivity index (χ4n) is 2.91. The van der Waals surface area contributed by atoms with E-state index in [1.807, 2.05) is 13.0 Å². The molecule has 1 saturated carbocycles. The molecule has 1 aliphatic carbocycles. The first-order chi connectivity index (χ1) is 13.9. The van der Waals surface area contributed by atoms with Crippen LogP contribution in [0, 0.1) is 17.1 Å². The number of carbonyl (C=O) groups is 1. The predicted octanol–water partition coefficient (Wildman–Crippen LogP) is 5.08. The minimum absolute atomic E-state index is 0.0533. The van der Waals surface area contributed by atoms with Crippen LogP contribution in [-0.2, 0) is 11.3 Å². The molecule has 1 fully saturated rings. The van der Waals surface area contributed by atoms with E-state index >= 15 is 0 Å². The summed E-state index contributed by atoms with van der Waals surface area (Å²) in [5.41, 5.74) is 0.705. The molecule has 0 N–H and O–H groups in total. The van der Waals surface area contributed by atoms with Crippen molar-refractivity contribution in [3.8, 4) is 17.6 Å². The van der Waals surface area contributed by atoms with Crippen molar-refractivity contribution in [3.05, 3.63) is 56.8 Å². The van der Waals surface area contributed by atoms with Crippen molar-refractivity contribution in [2.24, 2.45) is 0 Å². The molecule has 0 aromatic heterocycles. The third-order valence-corrected chi connectivity index (χ3v) is 5.42. The minimum Gasteiger partial charge on any atom is -0.490 e. The van der Waals surface area contributed by atoms with Gasteiger partial charge in [0.25, 0.3) is 5.91 Å². The van der Waals surface area contributed by atoms with Gasteiger partial charge >= 0.3 is 0 Å². The molecule has 2 aromatic carbocycles. The maximum absolute atomic E-state index is 14.2. The second-order valence-corrected chi connectivity index (χ2v) is 7.83. The number of nitrogens with zero attached hydrogens (tertiary/aromatic N) is 2. The van der Waals surface area contributed by atoms with Crippen LogP contribution in [0.25, 0.3) is 0 Å². The number of amides is 1. The Morgan fingerprint density at radius 3 is 2.76 bits per heavy atom. The van der Waals surface area contributed by atoms with Crippen LogP contribution in [-0.4, -0.2) is 30.1 Å². The summed E-state index contributed by atoms with van der Waals surface area (Å²) in [6.45, 7) is 2.04. The summed E-state index contributed by atoms with van der Waals surface area (Å²) in [5, 5.41) is 9.41. The summed E-state index contributed by atoms with van der Waals surface area (Å²) in [7, 11) is 0. The Hall–Kier alpha value is -2.30. The van der Waals surface area contributed by atoms with E-state index in [0.29, 0.717) is 33.7 Å². The fraction of sp³-hybridized carbons (Fsp3) is 0.333. The van der Waals surface area contributed by atoms with E-state index in [2.05, 4.69) is 15.9 Å². The molecular formula is C21H19BrClFN2O3. The summed E-state index contributed by atoms with van der Waals surface area (Å²) in [6.07, 6.45) is 1.73. The highest BCUT2D eigenvalue weighted by atomic mass is 79.9. The molecule has 2 aromatic rings. The van der Waals surface area contributed by atoms with Gasteiger partial charge in [-0.3, -0.25) is 4.79 Å². The maximum Gasteiger partial charge on any atom is 0.261 e. The zero-order chi connectivity index (χ0) is 21.0. The summed E-state index contributed by atoms with van der Waals surface area (Å²) in [6, 6.07) is 9.73. The zero-order valence-corrected chi connectivity index (χ0v) is 18.1. The Balaban J connectivity index is 1.76. The maximum atomic E-state index is 14.2. The van der Waals surface area contributed by atoms with E-state index in [1.165, 1.54) is 12.1 Å². The van der Waals surface area contributed by atoms with Gasteiger partial charge in [-0.15, -0.1) is 0 Å². The topological polar surface area (TPSA) is 62.6 Å². The number of rotatable bonds is 8. The molecule has 5 nitrogen and oxygen atoms in total. The molecule has 0 heterocycles. The lowest BCUT2D eigenvalue weighted by atomic mass is 10.2. The average molecular weight is 482 g/mol. The van der Waals surface area contributed by atoms with Crippen LogP contribution in [0.15, 0.2) is 34.8 Å².